The first-order chi connectivity index (χ1) is 10.2. The van der Waals surface area contributed by atoms with E-state index in [1.54, 1.807) is 0 Å². The van der Waals surface area contributed by atoms with Crippen LogP contribution in [0.1, 0.15) is 39.2 Å². The van der Waals surface area contributed by atoms with Crippen LogP contribution < -0.4 is 14.8 Å². The Labute approximate surface area is 132 Å². The average molecular weight is 309 g/mol. The van der Waals surface area contributed by atoms with Crippen LogP contribution in [0.15, 0.2) is 18.2 Å². The molecule has 118 valence electrons. The van der Waals surface area contributed by atoms with Crippen molar-refractivity contribution >= 4 is 11.8 Å². The number of aryl methyl sites for hydroxylation is 1. The summed E-state index contributed by atoms with van der Waals surface area (Å²) in [5.74, 6) is 4.22. The lowest BCUT2D eigenvalue weighted by Gasteiger charge is -2.20. The van der Waals surface area contributed by atoms with Crippen molar-refractivity contribution in [3.8, 4) is 11.5 Å². The molecule has 3 nitrogen and oxygen atoms in total. The van der Waals surface area contributed by atoms with E-state index in [4.69, 9.17) is 9.47 Å². The fourth-order valence-corrected chi connectivity index (χ4v) is 3.35. The second-order valence-electron chi connectivity index (χ2n) is 5.68. The molecule has 0 spiro atoms. The van der Waals surface area contributed by atoms with E-state index in [1.165, 1.54) is 23.5 Å². The standard InChI is InChI=1S/C17H27NO2S/c1-4-21-10-9-14(3)18-13(2)5-6-15-7-8-16-17(11-15)20-12-19-16/h7-8,11,13-14,18H,4-6,9-10,12H2,1-3H3. The summed E-state index contributed by atoms with van der Waals surface area (Å²) in [6.07, 6.45) is 3.46. The minimum absolute atomic E-state index is 0.351. The topological polar surface area (TPSA) is 30.5 Å². The monoisotopic (exact) mass is 309 g/mol. The third-order valence-electron chi connectivity index (χ3n) is 3.77. The van der Waals surface area contributed by atoms with Gasteiger partial charge in [0.2, 0.25) is 6.79 Å². The molecular formula is C17H27NO2S. The molecule has 0 saturated heterocycles. The van der Waals surface area contributed by atoms with Crippen LogP contribution in [0.5, 0.6) is 11.5 Å². The third kappa shape index (κ3) is 5.44. The molecule has 0 aliphatic carbocycles. The van der Waals surface area contributed by atoms with Crippen LogP contribution in [0.4, 0.5) is 0 Å². The summed E-state index contributed by atoms with van der Waals surface area (Å²) in [7, 11) is 0. The van der Waals surface area contributed by atoms with Gasteiger partial charge in [0.05, 0.1) is 0 Å². The van der Waals surface area contributed by atoms with Gasteiger partial charge in [0.25, 0.3) is 0 Å². The summed E-state index contributed by atoms with van der Waals surface area (Å²) < 4.78 is 10.8. The molecule has 0 bridgehead atoms. The molecule has 4 heteroatoms. The molecule has 0 radical (unpaired) electrons. The molecule has 21 heavy (non-hydrogen) atoms. The normalized spacial score (nSPS) is 16.0. The van der Waals surface area contributed by atoms with Crippen molar-refractivity contribution in [1.82, 2.24) is 5.32 Å². The highest BCUT2D eigenvalue weighted by Gasteiger charge is 2.14. The van der Waals surface area contributed by atoms with Gasteiger partial charge in [-0.2, -0.15) is 11.8 Å². The maximum atomic E-state index is 5.43. The van der Waals surface area contributed by atoms with Crippen LogP contribution in [0.3, 0.4) is 0 Å². The van der Waals surface area contributed by atoms with Gasteiger partial charge in [-0.3, -0.25) is 0 Å². The number of rotatable bonds is 9. The van der Waals surface area contributed by atoms with Crippen molar-refractivity contribution in [2.24, 2.45) is 0 Å². The molecule has 2 atom stereocenters. The van der Waals surface area contributed by atoms with Crippen molar-refractivity contribution in [1.29, 1.82) is 0 Å². The lowest BCUT2D eigenvalue weighted by molar-refractivity contribution is 0.174. The highest BCUT2D eigenvalue weighted by atomic mass is 32.2. The van der Waals surface area contributed by atoms with Gasteiger partial charge in [-0.25, -0.2) is 0 Å². The van der Waals surface area contributed by atoms with Gasteiger partial charge in [-0.05, 0) is 62.3 Å². The first kappa shape index (κ1) is 16.5. The molecule has 1 aliphatic heterocycles. The second kappa shape index (κ2) is 8.54. The molecule has 0 aromatic heterocycles. The number of benzene rings is 1. The summed E-state index contributed by atoms with van der Waals surface area (Å²) in [4.78, 5) is 0. The van der Waals surface area contributed by atoms with Gasteiger partial charge in [-0.15, -0.1) is 0 Å². The average Bonchev–Trinajstić information content (AvgIpc) is 2.93. The lowest BCUT2D eigenvalue weighted by atomic mass is 10.0. The summed E-state index contributed by atoms with van der Waals surface area (Å²) in [5, 5.41) is 3.69. The van der Waals surface area contributed by atoms with Crippen molar-refractivity contribution in [3.05, 3.63) is 23.8 Å². The van der Waals surface area contributed by atoms with Gasteiger partial charge >= 0.3 is 0 Å². The Morgan fingerprint density at radius 3 is 2.71 bits per heavy atom. The van der Waals surface area contributed by atoms with E-state index in [-0.39, 0.29) is 0 Å². The fraction of sp³-hybridized carbons (Fsp3) is 0.647. The van der Waals surface area contributed by atoms with E-state index in [0.717, 1.165) is 24.3 Å². The Morgan fingerprint density at radius 2 is 1.90 bits per heavy atom. The largest absolute Gasteiger partial charge is 0.454 e. The van der Waals surface area contributed by atoms with Crippen LogP contribution in [0.25, 0.3) is 0 Å². The minimum Gasteiger partial charge on any atom is -0.454 e. The zero-order chi connectivity index (χ0) is 15.1. The third-order valence-corrected chi connectivity index (χ3v) is 4.70. The van der Waals surface area contributed by atoms with Crippen molar-refractivity contribution in [2.45, 2.75) is 52.1 Å². The lowest BCUT2D eigenvalue weighted by Crippen LogP contribution is -2.35. The Kier molecular flexibility index (Phi) is 6.71. The number of nitrogens with one attached hydrogen (secondary N) is 1. The van der Waals surface area contributed by atoms with E-state index in [9.17, 15) is 0 Å². The molecule has 0 amide bonds. The minimum atomic E-state index is 0.351. The van der Waals surface area contributed by atoms with Gasteiger partial charge in [-0.1, -0.05) is 13.0 Å². The van der Waals surface area contributed by atoms with E-state index >= 15 is 0 Å². The van der Waals surface area contributed by atoms with Crippen molar-refractivity contribution in [2.75, 3.05) is 18.3 Å². The Morgan fingerprint density at radius 1 is 1.14 bits per heavy atom. The molecule has 2 unspecified atom stereocenters. The summed E-state index contributed by atoms with van der Waals surface area (Å²) in [6, 6.07) is 7.39. The Hall–Kier alpha value is -0.870. The van der Waals surface area contributed by atoms with Crippen LogP contribution in [-0.4, -0.2) is 30.4 Å². The summed E-state index contributed by atoms with van der Waals surface area (Å²) in [5.41, 5.74) is 1.32. The molecule has 0 fully saturated rings. The van der Waals surface area contributed by atoms with Crippen molar-refractivity contribution < 1.29 is 9.47 Å². The number of fused-ring (bicyclic) bond motifs is 1. The summed E-state index contributed by atoms with van der Waals surface area (Å²) in [6.45, 7) is 7.13. The first-order valence-electron chi connectivity index (χ1n) is 7.91. The van der Waals surface area contributed by atoms with E-state index in [2.05, 4.69) is 38.2 Å². The summed E-state index contributed by atoms with van der Waals surface area (Å²) >= 11 is 2.02. The number of thioether (sulfide) groups is 1. The molecule has 1 aromatic rings. The fourth-order valence-electron chi connectivity index (χ4n) is 2.54. The van der Waals surface area contributed by atoms with Crippen LogP contribution in [0, 0.1) is 0 Å². The molecule has 1 aromatic carbocycles. The van der Waals surface area contributed by atoms with E-state index in [1.807, 2.05) is 17.8 Å². The van der Waals surface area contributed by atoms with Gasteiger partial charge in [0.15, 0.2) is 11.5 Å². The van der Waals surface area contributed by atoms with Crippen molar-refractivity contribution in [3.63, 3.8) is 0 Å². The predicted octanol–water partition coefficient (Wildman–Crippen LogP) is 3.86. The SMILES string of the molecule is CCSCCC(C)NC(C)CCc1ccc2c(c1)OCO2. The highest BCUT2D eigenvalue weighted by molar-refractivity contribution is 7.99. The highest BCUT2D eigenvalue weighted by Crippen LogP contribution is 2.32. The van der Waals surface area contributed by atoms with Crippen LogP contribution in [-0.2, 0) is 6.42 Å². The smallest absolute Gasteiger partial charge is 0.231 e. The van der Waals surface area contributed by atoms with Crippen LogP contribution >= 0.6 is 11.8 Å². The number of hydrogen-bond donors (Lipinski definition) is 1. The molecule has 1 aliphatic rings. The Balaban J connectivity index is 1.70. The predicted molar refractivity (Wildman–Crippen MR) is 90.6 cm³/mol. The quantitative estimate of drug-likeness (QED) is 0.702. The van der Waals surface area contributed by atoms with E-state index < -0.39 is 0 Å². The molecular weight excluding hydrogens is 282 g/mol. The maximum Gasteiger partial charge on any atom is 0.231 e. The van der Waals surface area contributed by atoms with Gasteiger partial charge in [0.1, 0.15) is 0 Å². The second-order valence-corrected chi connectivity index (χ2v) is 7.07. The number of ether oxygens (including phenoxy) is 2. The zero-order valence-corrected chi connectivity index (χ0v) is 14.2. The Bertz CT molecular complexity index is 439. The molecule has 2 rings (SSSR count). The number of hydrogen-bond acceptors (Lipinski definition) is 4. The molecule has 1 heterocycles. The van der Waals surface area contributed by atoms with E-state index in [0.29, 0.717) is 18.9 Å². The maximum absolute atomic E-state index is 5.43. The van der Waals surface area contributed by atoms with Crippen LogP contribution in [0.2, 0.25) is 0 Å². The molecule has 0 saturated carbocycles. The molecule has 1 N–H and O–H groups in total. The first-order valence-corrected chi connectivity index (χ1v) is 9.06. The zero-order valence-electron chi connectivity index (χ0n) is 13.4. The van der Waals surface area contributed by atoms with Gasteiger partial charge in [0, 0.05) is 12.1 Å². The van der Waals surface area contributed by atoms with Gasteiger partial charge < -0.3 is 14.8 Å².